The van der Waals surface area contributed by atoms with Crippen molar-refractivity contribution in [1.29, 1.82) is 0 Å². The Morgan fingerprint density at radius 3 is 2.63 bits per heavy atom. The fraction of sp³-hybridized carbons (Fsp3) is 0.308. The largest absolute Gasteiger partial charge is 0.383 e. The van der Waals surface area contributed by atoms with Crippen molar-refractivity contribution in [2.24, 2.45) is 0 Å². The molecule has 0 spiro atoms. The molecule has 2 aromatic rings. The van der Waals surface area contributed by atoms with Gasteiger partial charge in [0.05, 0.1) is 12.3 Å². The SMILES string of the molecule is COCCn1cc(C)nc1Nc1c(F)cccc1F. The Labute approximate surface area is 110 Å². The maximum absolute atomic E-state index is 13.6. The summed E-state index contributed by atoms with van der Waals surface area (Å²) in [6.07, 6.45) is 1.79. The maximum Gasteiger partial charge on any atom is 0.207 e. The van der Waals surface area contributed by atoms with Crippen LogP contribution in [0.15, 0.2) is 24.4 Å². The lowest BCUT2D eigenvalue weighted by atomic mass is 10.3. The molecule has 0 unspecified atom stereocenters. The van der Waals surface area contributed by atoms with Crippen LogP contribution in [0.25, 0.3) is 0 Å². The van der Waals surface area contributed by atoms with Gasteiger partial charge in [0.15, 0.2) is 0 Å². The second-order valence-electron chi connectivity index (χ2n) is 4.11. The van der Waals surface area contributed by atoms with Gasteiger partial charge < -0.3 is 14.6 Å². The Hall–Kier alpha value is -1.95. The Kier molecular flexibility index (Phi) is 4.11. The van der Waals surface area contributed by atoms with Crippen LogP contribution in [-0.4, -0.2) is 23.3 Å². The number of hydrogen-bond acceptors (Lipinski definition) is 3. The number of anilines is 2. The minimum atomic E-state index is -0.654. The predicted molar refractivity (Wildman–Crippen MR) is 68.5 cm³/mol. The van der Waals surface area contributed by atoms with Crippen molar-refractivity contribution in [3.63, 3.8) is 0 Å². The van der Waals surface area contributed by atoms with E-state index in [2.05, 4.69) is 10.3 Å². The quantitative estimate of drug-likeness (QED) is 0.905. The number of halogens is 2. The van der Waals surface area contributed by atoms with Crippen molar-refractivity contribution in [1.82, 2.24) is 9.55 Å². The summed E-state index contributed by atoms with van der Waals surface area (Å²) in [5, 5.41) is 2.69. The van der Waals surface area contributed by atoms with Crippen LogP contribution in [0.5, 0.6) is 0 Å². The smallest absolute Gasteiger partial charge is 0.207 e. The van der Waals surface area contributed by atoms with Gasteiger partial charge >= 0.3 is 0 Å². The topological polar surface area (TPSA) is 39.1 Å². The third-order valence-corrected chi connectivity index (χ3v) is 2.63. The van der Waals surface area contributed by atoms with Crippen LogP contribution in [0.4, 0.5) is 20.4 Å². The lowest BCUT2D eigenvalue weighted by Crippen LogP contribution is -2.08. The van der Waals surface area contributed by atoms with E-state index in [1.165, 1.54) is 18.2 Å². The lowest BCUT2D eigenvalue weighted by molar-refractivity contribution is 0.188. The van der Waals surface area contributed by atoms with Gasteiger partial charge in [-0.1, -0.05) is 6.07 Å². The highest BCUT2D eigenvalue weighted by Crippen LogP contribution is 2.22. The minimum Gasteiger partial charge on any atom is -0.383 e. The Morgan fingerprint density at radius 2 is 2.00 bits per heavy atom. The number of nitrogens with one attached hydrogen (secondary N) is 1. The molecule has 0 saturated carbocycles. The number of benzene rings is 1. The minimum absolute atomic E-state index is 0.202. The zero-order valence-electron chi connectivity index (χ0n) is 10.8. The van der Waals surface area contributed by atoms with Crippen LogP contribution in [0.2, 0.25) is 0 Å². The number of para-hydroxylation sites is 1. The second kappa shape index (κ2) is 5.79. The molecule has 2 rings (SSSR count). The number of nitrogens with zero attached hydrogens (tertiary/aromatic N) is 2. The molecular weight excluding hydrogens is 252 g/mol. The first-order chi connectivity index (χ1) is 9.11. The molecule has 1 aromatic heterocycles. The molecule has 19 heavy (non-hydrogen) atoms. The van der Waals surface area contributed by atoms with E-state index in [0.717, 1.165) is 5.69 Å². The summed E-state index contributed by atoms with van der Waals surface area (Å²) in [6, 6.07) is 3.71. The van der Waals surface area contributed by atoms with E-state index in [1.807, 2.05) is 6.92 Å². The monoisotopic (exact) mass is 267 g/mol. The predicted octanol–water partition coefficient (Wildman–Crippen LogP) is 2.86. The summed E-state index contributed by atoms with van der Waals surface area (Å²) in [6.45, 7) is 2.85. The van der Waals surface area contributed by atoms with Gasteiger partial charge in [-0.2, -0.15) is 0 Å². The molecule has 6 heteroatoms. The van der Waals surface area contributed by atoms with Crippen molar-refractivity contribution in [2.75, 3.05) is 19.0 Å². The third kappa shape index (κ3) is 3.08. The zero-order chi connectivity index (χ0) is 13.8. The van der Waals surface area contributed by atoms with Crippen molar-refractivity contribution >= 4 is 11.6 Å². The highest BCUT2D eigenvalue weighted by atomic mass is 19.1. The summed E-state index contributed by atoms with van der Waals surface area (Å²) in [5.74, 6) is -0.920. The molecule has 0 amide bonds. The molecule has 0 aliphatic rings. The molecule has 0 atom stereocenters. The van der Waals surface area contributed by atoms with Gasteiger partial charge in [-0.05, 0) is 19.1 Å². The van der Waals surface area contributed by atoms with Gasteiger partial charge in [0, 0.05) is 19.9 Å². The molecule has 4 nitrogen and oxygen atoms in total. The van der Waals surface area contributed by atoms with E-state index in [-0.39, 0.29) is 5.69 Å². The van der Waals surface area contributed by atoms with E-state index in [9.17, 15) is 8.78 Å². The van der Waals surface area contributed by atoms with Gasteiger partial charge in [-0.3, -0.25) is 0 Å². The Bertz CT molecular complexity index is 549. The van der Waals surface area contributed by atoms with Crippen LogP contribution in [0.1, 0.15) is 5.69 Å². The average molecular weight is 267 g/mol. The number of imidazole rings is 1. The van der Waals surface area contributed by atoms with E-state index >= 15 is 0 Å². The third-order valence-electron chi connectivity index (χ3n) is 2.63. The molecule has 1 heterocycles. The van der Waals surface area contributed by atoms with Crippen molar-refractivity contribution < 1.29 is 13.5 Å². The van der Waals surface area contributed by atoms with Crippen molar-refractivity contribution in [3.05, 3.63) is 41.7 Å². The van der Waals surface area contributed by atoms with Crippen LogP contribution >= 0.6 is 0 Å². The Balaban J connectivity index is 2.27. The molecule has 0 aliphatic heterocycles. The first-order valence-electron chi connectivity index (χ1n) is 5.85. The van der Waals surface area contributed by atoms with Gasteiger partial charge in [0.1, 0.15) is 17.3 Å². The van der Waals surface area contributed by atoms with E-state index in [1.54, 1.807) is 17.9 Å². The molecular formula is C13H15F2N3O. The van der Waals surface area contributed by atoms with Crippen molar-refractivity contribution in [2.45, 2.75) is 13.5 Å². The summed E-state index contributed by atoms with van der Waals surface area (Å²) in [5.41, 5.74) is 0.558. The summed E-state index contributed by atoms with van der Waals surface area (Å²) in [4.78, 5) is 4.20. The molecule has 1 N–H and O–H groups in total. The molecule has 0 radical (unpaired) electrons. The van der Waals surface area contributed by atoms with E-state index in [4.69, 9.17) is 4.74 Å². The standard InChI is InChI=1S/C13H15F2N3O/c1-9-8-18(6-7-19-2)13(16-9)17-12-10(14)4-3-5-11(12)15/h3-5,8H,6-7H2,1-2H3,(H,16,17). The van der Waals surface area contributed by atoms with Crippen LogP contribution in [-0.2, 0) is 11.3 Å². The molecule has 0 aliphatic carbocycles. The maximum atomic E-state index is 13.6. The highest BCUT2D eigenvalue weighted by Gasteiger charge is 2.12. The first-order valence-corrected chi connectivity index (χ1v) is 5.85. The van der Waals surface area contributed by atoms with Gasteiger partial charge in [0.2, 0.25) is 5.95 Å². The second-order valence-corrected chi connectivity index (χ2v) is 4.11. The average Bonchev–Trinajstić information content (AvgIpc) is 2.72. The number of rotatable bonds is 5. The fourth-order valence-corrected chi connectivity index (χ4v) is 1.74. The number of aryl methyl sites for hydroxylation is 1. The Morgan fingerprint density at radius 1 is 1.32 bits per heavy atom. The number of hydrogen-bond donors (Lipinski definition) is 1. The molecule has 0 saturated heterocycles. The van der Waals surface area contributed by atoms with Crippen LogP contribution in [0.3, 0.4) is 0 Å². The molecule has 1 aromatic carbocycles. The van der Waals surface area contributed by atoms with Crippen LogP contribution < -0.4 is 5.32 Å². The number of aromatic nitrogens is 2. The summed E-state index contributed by atoms with van der Waals surface area (Å²) in [7, 11) is 1.59. The first kappa shape index (κ1) is 13.5. The van der Waals surface area contributed by atoms with E-state index in [0.29, 0.717) is 19.1 Å². The summed E-state index contributed by atoms with van der Waals surface area (Å²) >= 11 is 0. The van der Waals surface area contributed by atoms with Gasteiger partial charge in [-0.25, -0.2) is 13.8 Å². The normalized spacial score (nSPS) is 10.7. The summed E-state index contributed by atoms with van der Waals surface area (Å²) < 4.78 is 33.9. The molecule has 0 bridgehead atoms. The fourth-order valence-electron chi connectivity index (χ4n) is 1.74. The van der Waals surface area contributed by atoms with Crippen molar-refractivity contribution in [3.8, 4) is 0 Å². The molecule has 102 valence electrons. The van der Waals surface area contributed by atoms with E-state index < -0.39 is 11.6 Å². The molecule has 0 fully saturated rings. The van der Waals surface area contributed by atoms with Crippen LogP contribution in [0, 0.1) is 18.6 Å². The van der Waals surface area contributed by atoms with Gasteiger partial charge in [0.25, 0.3) is 0 Å². The lowest BCUT2D eigenvalue weighted by Gasteiger charge is -2.10. The zero-order valence-corrected chi connectivity index (χ0v) is 10.8. The number of methoxy groups -OCH3 is 1. The number of ether oxygens (including phenoxy) is 1. The van der Waals surface area contributed by atoms with Gasteiger partial charge in [-0.15, -0.1) is 0 Å². The highest BCUT2D eigenvalue weighted by molar-refractivity contribution is 5.55.